The molecule has 5 heteroatoms. The van der Waals surface area contributed by atoms with E-state index in [0.717, 1.165) is 47.8 Å². The number of nitrogens with one attached hydrogen (secondary N) is 1. The van der Waals surface area contributed by atoms with Crippen LogP contribution in [-0.4, -0.2) is 39.4 Å². The van der Waals surface area contributed by atoms with Gasteiger partial charge in [0.1, 0.15) is 12.4 Å². The second-order valence-electron chi connectivity index (χ2n) is 8.15. The number of para-hydroxylation sites is 1. The topological polar surface area (TPSA) is 61.4 Å². The van der Waals surface area contributed by atoms with Crippen LogP contribution in [0.1, 0.15) is 28.1 Å². The molecule has 1 fully saturated rings. The third kappa shape index (κ3) is 5.05. The fraction of sp³-hybridized carbons (Fsp3) is 0.375. The fourth-order valence-electron chi connectivity index (χ4n) is 3.98. The number of benzene rings is 2. The number of aliphatic hydroxyl groups excluding tert-OH is 1. The van der Waals surface area contributed by atoms with Crippen LogP contribution in [0, 0.1) is 19.8 Å². The average Bonchev–Trinajstić information content (AvgIpc) is 3.27. The second kappa shape index (κ2) is 8.80. The van der Waals surface area contributed by atoms with Gasteiger partial charge >= 0.3 is 0 Å². The van der Waals surface area contributed by atoms with Crippen molar-refractivity contribution < 1.29 is 9.84 Å². The van der Waals surface area contributed by atoms with Gasteiger partial charge < -0.3 is 9.84 Å². The van der Waals surface area contributed by atoms with E-state index in [1.807, 2.05) is 25.1 Å². The number of β-amino-alcohol motifs (C(OH)–C–C–N with tert-alkyl or cyclic N) is 1. The minimum Gasteiger partial charge on any atom is -0.489 e. The normalized spacial score (nSPS) is 19.6. The van der Waals surface area contributed by atoms with E-state index in [1.54, 1.807) is 0 Å². The molecular formula is C24H29N3O2. The van der Waals surface area contributed by atoms with Gasteiger partial charge in [-0.15, -0.1) is 0 Å². The zero-order valence-corrected chi connectivity index (χ0v) is 17.1. The molecule has 4 rings (SSSR count). The maximum absolute atomic E-state index is 10.5. The van der Waals surface area contributed by atoms with E-state index in [0.29, 0.717) is 13.2 Å². The summed E-state index contributed by atoms with van der Waals surface area (Å²) in [6, 6.07) is 18.7. The van der Waals surface area contributed by atoms with Crippen molar-refractivity contribution in [2.24, 2.45) is 5.92 Å². The van der Waals surface area contributed by atoms with Crippen LogP contribution in [0.2, 0.25) is 0 Å². The molecule has 0 bridgehead atoms. The number of likely N-dealkylation sites (tertiary alicyclic amines) is 1. The smallest absolute Gasteiger partial charge is 0.124 e. The Morgan fingerprint density at radius 1 is 1.10 bits per heavy atom. The Labute approximate surface area is 172 Å². The van der Waals surface area contributed by atoms with Gasteiger partial charge in [-0.2, -0.15) is 5.10 Å². The van der Waals surface area contributed by atoms with E-state index in [-0.39, 0.29) is 12.0 Å². The number of hydrogen-bond acceptors (Lipinski definition) is 4. The van der Waals surface area contributed by atoms with Gasteiger partial charge in [0, 0.05) is 36.8 Å². The first-order valence-corrected chi connectivity index (χ1v) is 10.2. The molecule has 0 aliphatic carbocycles. The van der Waals surface area contributed by atoms with Crippen molar-refractivity contribution in [2.45, 2.75) is 39.5 Å². The van der Waals surface area contributed by atoms with Crippen molar-refractivity contribution in [3.8, 4) is 5.75 Å². The predicted molar refractivity (Wildman–Crippen MR) is 114 cm³/mol. The lowest BCUT2D eigenvalue weighted by atomic mass is 10.0. The summed E-state index contributed by atoms with van der Waals surface area (Å²) in [6.07, 6.45) is 0.473. The summed E-state index contributed by atoms with van der Waals surface area (Å²) >= 11 is 0. The number of aromatic amines is 1. The first kappa shape index (κ1) is 19.7. The molecule has 2 N–H and O–H groups in total. The van der Waals surface area contributed by atoms with Gasteiger partial charge in [-0.25, -0.2) is 0 Å². The van der Waals surface area contributed by atoms with E-state index < -0.39 is 0 Å². The number of H-pyrrole nitrogens is 1. The van der Waals surface area contributed by atoms with Crippen LogP contribution >= 0.6 is 0 Å². The van der Waals surface area contributed by atoms with Crippen molar-refractivity contribution in [3.63, 3.8) is 0 Å². The van der Waals surface area contributed by atoms with E-state index in [9.17, 15) is 5.11 Å². The van der Waals surface area contributed by atoms with E-state index in [4.69, 9.17) is 4.74 Å². The molecule has 1 aromatic heterocycles. The quantitative estimate of drug-likeness (QED) is 0.646. The summed E-state index contributed by atoms with van der Waals surface area (Å²) in [6.45, 7) is 6.96. The molecule has 2 unspecified atom stereocenters. The molecule has 0 amide bonds. The minimum absolute atomic E-state index is 0.207. The van der Waals surface area contributed by atoms with Crippen LogP contribution in [0.5, 0.6) is 5.75 Å². The summed E-state index contributed by atoms with van der Waals surface area (Å²) in [4.78, 5) is 2.31. The van der Waals surface area contributed by atoms with Gasteiger partial charge in [0.2, 0.25) is 0 Å². The molecule has 2 aromatic carbocycles. The summed E-state index contributed by atoms with van der Waals surface area (Å²) < 4.78 is 6.12. The molecular weight excluding hydrogens is 362 g/mol. The van der Waals surface area contributed by atoms with Crippen molar-refractivity contribution in [3.05, 3.63) is 82.7 Å². The number of rotatable bonds is 7. The van der Waals surface area contributed by atoms with Crippen LogP contribution in [0.3, 0.4) is 0 Å². The molecule has 0 radical (unpaired) electrons. The summed E-state index contributed by atoms with van der Waals surface area (Å²) in [5.74, 6) is 1.12. The zero-order chi connectivity index (χ0) is 20.2. The number of hydrogen-bond donors (Lipinski definition) is 2. The van der Waals surface area contributed by atoms with Gasteiger partial charge in [-0.3, -0.25) is 10.00 Å². The van der Waals surface area contributed by atoms with E-state index in [2.05, 4.69) is 58.4 Å². The highest BCUT2D eigenvalue weighted by Gasteiger charge is 2.32. The van der Waals surface area contributed by atoms with E-state index in [1.165, 1.54) is 5.56 Å². The van der Waals surface area contributed by atoms with Crippen molar-refractivity contribution in [1.82, 2.24) is 15.1 Å². The fourth-order valence-corrected chi connectivity index (χ4v) is 3.98. The molecule has 1 aliphatic rings. The molecule has 2 heterocycles. The third-order valence-corrected chi connectivity index (χ3v) is 5.59. The van der Waals surface area contributed by atoms with Crippen LogP contribution in [0.15, 0.2) is 54.6 Å². The predicted octanol–water partition coefficient (Wildman–Crippen LogP) is 3.64. The number of nitrogens with zero attached hydrogens (tertiary/aromatic N) is 2. The number of aromatic nitrogens is 2. The lowest BCUT2D eigenvalue weighted by Crippen LogP contribution is -2.21. The molecule has 2 atom stereocenters. The summed E-state index contributed by atoms with van der Waals surface area (Å²) in [7, 11) is 0. The maximum Gasteiger partial charge on any atom is 0.124 e. The third-order valence-electron chi connectivity index (χ3n) is 5.59. The first-order chi connectivity index (χ1) is 14.1. The highest BCUT2D eigenvalue weighted by atomic mass is 16.5. The molecule has 0 spiro atoms. The summed E-state index contributed by atoms with van der Waals surface area (Å²) in [5.41, 5.74) is 5.65. The molecule has 1 saturated heterocycles. The molecule has 3 aromatic rings. The monoisotopic (exact) mass is 391 g/mol. The second-order valence-corrected chi connectivity index (χ2v) is 8.15. The Hall–Kier alpha value is -2.63. The van der Waals surface area contributed by atoms with E-state index >= 15 is 0 Å². The highest BCUT2D eigenvalue weighted by Crippen LogP contribution is 2.26. The number of aliphatic hydroxyl groups is 1. The van der Waals surface area contributed by atoms with Crippen LogP contribution < -0.4 is 4.74 Å². The molecule has 152 valence electrons. The van der Waals surface area contributed by atoms with Gasteiger partial charge in [0.25, 0.3) is 0 Å². The largest absolute Gasteiger partial charge is 0.489 e. The molecule has 0 saturated carbocycles. The SMILES string of the molecule is Cc1ccc(COc2ccccc2CN2CC(O)C(Cc3cc(C)[nH]n3)C2)cc1. The van der Waals surface area contributed by atoms with Gasteiger partial charge in [-0.1, -0.05) is 48.0 Å². The van der Waals surface area contributed by atoms with Crippen molar-refractivity contribution >= 4 is 0 Å². The summed E-state index contributed by atoms with van der Waals surface area (Å²) in [5, 5.41) is 17.8. The van der Waals surface area contributed by atoms with Crippen molar-refractivity contribution in [1.29, 1.82) is 0 Å². The Morgan fingerprint density at radius 2 is 1.90 bits per heavy atom. The van der Waals surface area contributed by atoms with Crippen molar-refractivity contribution in [2.75, 3.05) is 13.1 Å². The maximum atomic E-state index is 10.5. The Balaban J connectivity index is 1.37. The lowest BCUT2D eigenvalue weighted by molar-refractivity contribution is 0.140. The highest BCUT2D eigenvalue weighted by molar-refractivity contribution is 5.34. The minimum atomic E-state index is -0.326. The average molecular weight is 392 g/mol. The Kier molecular flexibility index (Phi) is 5.97. The van der Waals surface area contributed by atoms with Gasteiger partial charge in [-0.05, 0) is 38.0 Å². The number of aryl methyl sites for hydroxylation is 2. The molecule has 29 heavy (non-hydrogen) atoms. The van der Waals surface area contributed by atoms with Crippen LogP contribution in [-0.2, 0) is 19.6 Å². The molecule has 1 aliphatic heterocycles. The standard InChI is InChI=1S/C24H29N3O2/c1-17-7-9-19(10-8-17)16-29-24-6-4-3-5-20(24)13-27-14-21(23(28)15-27)12-22-11-18(2)25-26-22/h3-11,21,23,28H,12-16H2,1-2H3,(H,25,26). The van der Waals surface area contributed by atoms with Crippen LogP contribution in [0.4, 0.5) is 0 Å². The number of ether oxygens (including phenoxy) is 1. The lowest BCUT2D eigenvalue weighted by Gasteiger charge is -2.18. The molecule has 5 nitrogen and oxygen atoms in total. The van der Waals surface area contributed by atoms with Crippen LogP contribution in [0.25, 0.3) is 0 Å². The van der Waals surface area contributed by atoms with Gasteiger partial charge in [0.15, 0.2) is 0 Å². The van der Waals surface area contributed by atoms with Gasteiger partial charge in [0.05, 0.1) is 11.8 Å². The first-order valence-electron chi connectivity index (χ1n) is 10.2. The Morgan fingerprint density at radius 3 is 2.66 bits per heavy atom. The zero-order valence-electron chi connectivity index (χ0n) is 17.1. The Bertz CT molecular complexity index is 935.